The summed E-state index contributed by atoms with van der Waals surface area (Å²) in [5, 5.41) is 11.5. The summed E-state index contributed by atoms with van der Waals surface area (Å²) in [6, 6.07) is 13.7. The number of fused-ring (bicyclic) bond motifs is 1. The Kier molecular flexibility index (Phi) is 8.11. The van der Waals surface area contributed by atoms with E-state index in [2.05, 4.69) is 0 Å². The maximum absolute atomic E-state index is 16.6. The first-order valence-electron chi connectivity index (χ1n) is 13.6. The van der Waals surface area contributed by atoms with Gasteiger partial charge >= 0.3 is 12.4 Å². The maximum Gasteiger partial charge on any atom is 0.416 e. The van der Waals surface area contributed by atoms with Crippen LogP contribution >= 0.6 is 0 Å². The Morgan fingerprint density at radius 1 is 0.837 bits per heavy atom. The molecule has 0 spiro atoms. The van der Waals surface area contributed by atoms with Crippen LogP contribution in [-0.2, 0) is 18.8 Å². The van der Waals surface area contributed by atoms with Gasteiger partial charge in [-0.15, -0.1) is 0 Å². The summed E-state index contributed by atoms with van der Waals surface area (Å²) in [5.41, 5.74) is 0.112. The molecule has 10 heteroatoms. The monoisotopic (exact) mass is 605 g/mol. The fourth-order valence-corrected chi connectivity index (χ4v) is 5.76. The minimum absolute atomic E-state index is 0.0158. The zero-order valence-corrected chi connectivity index (χ0v) is 23.1. The van der Waals surface area contributed by atoms with E-state index < -0.39 is 53.4 Å². The Balaban J connectivity index is 1.69. The molecule has 0 saturated carbocycles. The predicted molar refractivity (Wildman–Crippen MR) is 146 cm³/mol. The third-order valence-electron chi connectivity index (χ3n) is 7.81. The maximum atomic E-state index is 16.6. The number of alkyl halides is 7. The highest BCUT2D eigenvalue weighted by atomic mass is 19.4. The molecule has 4 aromatic rings. The lowest BCUT2D eigenvalue weighted by atomic mass is 9.75. The molecule has 1 N–H and O–H groups in total. The molecule has 0 aliphatic heterocycles. The molecule has 2 nitrogen and oxygen atoms in total. The molecule has 1 aliphatic rings. The van der Waals surface area contributed by atoms with Crippen LogP contribution in [0.3, 0.4) is 0 Å². The van der Waals surface area contributed by atoms with E-state index in [1.807, 2.05) is 0 Å². The van der Waals surface area contributed by atoms with Gasteiger partial charge in [-0.1, -0.05) is 56.3 Å². The van der Waals surface area contributed by atoms with Crippen LogP contribution in [0.2, 0.25) is 0 Å². The molecule has 0 fully saturated rings. The molecule has 3 unspecified atom stereocenters. The standard InChI is InChI=1S/C33H27F8NO/c1-17(2)31-29(30(35)19-6-10-22(11-7-19)32(36,37)38)27(18-8-12-24(34)13-9-18)28-25(42-31)15-21(16-26(28)43)20-4-3-5-23(14-20)33(39,40)41/h3-14,17,21,26,30,43H,15-16H2,1-2H3. The molecular formula is C33H27F8NO. The normalized spacial score (nSPS) is 18.0. The fourth-order valence-electron chi connectivity index (χ4n) is 5.76. The molecule has 0 radical (unpaired) electrons. The third kappa shape index (κ3) is 6.16. The van der Waals surface area contributed by atoms with Gasteiger partial charge in [0, 0.05) is 16.8 Å². The second-order valence-corrected chi connectivity index (χ2v) is 11.1. The van der Waals surface area contributed by atoms with Crippen molar-refractivity contribution in [2.75, 3.05) is 0 Å². The van der Waals surface area contributed by atoms with Crippen molar-refractivity contribution in [3.63, 3.8) is 0 Å². The van der Waals surface area contributed by atoms with Crippen LogP contribution in [0.15, 0.2) is 72.8 Å². The van der Waals surface area contributed by atoms with E-state index in [-0.39, 0.29) is 40.8 Å². The summed E-state index contributed by atoms with van der Waals surface area (Å²) in [5.74, 6) is -1.47. The zero-order chi connectivity index (χ0) is 31.3. The van der Waals surface area contributed by atoms with Crippen LogP contribution in [0.25, 0.3) is 11.1 Å². The van der Waals surface area contributed by atoms with Gasteiger partial charge in [-0.3, -0.25) is 4.98 Å². The minimum Gasteiger partial charge on any atom is -0.388 e. The molecule has 0 bridgehead atoms. The summed E-state index contributed by atoms with van der Waals surface area (Å²) < 4.78 is 110. The minimum atomic E-state index is -4.61. The summed E-state index contributed by atoms with van der Waals surface area (Å²) >= 11 is 0. The molecule has 43 heavy (non-hydrogen) atoms. The quantitative estimate of drug-likeness (QED) is 0.230. The first-order chi connectivity index (χ1) is 20.1. The zero-order valence-electron chi connectivity index (χ0n) is 23.1. The number of hydrogen-bond acceptors (Lipinski definition) is 2. The molecule has 226 valence electrons. The lowest BCUT2D eigenvalue weighted by Gasteiger charge is -2.33. The van der Waals surface area contributed by atoms with Crippen LogP contribution < -0.4 is 0 Å². The Morgan fingerprint density at radius 3 is 2.05 bits per heavy atom. The topological polar surface area (TPSA) is 33.1 Å². The van der Waals surface area contributed by atoms with E-state index >= 15 is 4.39 Å². The molecule has 1 heterocycles. The van der Waals surface area contributed by atoms with Gasteiger partial charge in [0.15, 0.2) is 6.17 Å². The SMILES string of the molecule is CC(C)c1nc2c(c(-c3ccc(F)cc3)c1C(F)c1ccc(C(F)(F)F)cc1)C(O)CC(c1cccc(C(F)(F)F)c1)C2. The molecule has 1 aliphatic carbocycles. The van der Waals surface area contributed by atoms with E-state index in [4.69, 9.17) is 4.98 Å². The van der Waals surface area contributed by atoms with Crippen LogP contribution in [0.4, 0.5) is 35.1 Å². The van der Waals surface area contributed by atoms with Crippen molar-refractivity contribution in [3.8, 4) is 11.1 Å². The summed E-state index contributed by atoms with van der Waals surface area (Å²) in [7, 11) is 0. The van der Waals surface area contributed by atoms with Gasteiger partial charge < -0.3 is 5.11 Å². The van der Waals surface area contributed by atoms with Crippen molar-refractivity contribution in [1.82, 2.24) is 4.98 Å². The molecular weight excluding hydrogens is 578 g/mol. The number of halogens is 8. The molecule has 3 atom stereocenters. The summed E-state index contributed by atoms with van der Waals surface area (Å²) in [6.07, 6.45) is -12.2. The van der Waals surface area contributed by atoms with Crippen molar-refractivity contribution in [2.45, 2.75) is 63.2 Å². The highest BCUT2D eigenvalue weighted by Gasteiger charge is 2.37. The summed E-state index contributed by atoms with van der Waals surface area (Å²) in [4.78, 5) is 4.74. The Hall–Kier alpha value is -3.79. The van der Waals surface area contributed by atoms with Gasteiger partial charge in [-0.25, -0.2) is 8.78 Å². The molecule has 1 aromatic heterocycles. The van der Waals surface area contributed by atoms with Gasteiger partial charge in [0.2, 0.25) is 0 Å². The van der Waals surface area contributed by atoms with Crippen LogP contribution in [0.1, 0.15) is 89.1 Å². The van der Waals surface area contributed by atoms with Gasteiger partial charge in [-0.05, 0) is 77.3 Å². The largest absolute Gasteiger partial charge is 0.416 e. The molecule has 0 amide bonds. The van der Waals surface area contributed by atoms with Crippen molar-refractivity contribution in [3.05, 3.63) is 123 Å². The second kappa shape index (κ2) is 11.4. The molecule has 5 rings (SSSR count). The number of aromatic nitrogens is 1. The van der Waals surface area contributed by atoms with Crippen LogP contribution in [-0.4, -0.2) is 10.1 Å². The number of hydrogen-bond donors (Lipinski definition) is 1. The number of benzene rings is 3. The Labute approximate surface area is 243 Å². The number of aliphatic hydroxyl groups excluding tert-OH is 1. The molecule has 0 saturated heterocycles. The van der Waals surface area contributed by atoms with Gasteiger partial charge in [0.05, 0.1) is 22.9 Å². The number of aliphatic hydroxyl groups is 1. The number of rotatable bonds is 5. The van der Waals surface area contributed by atoms with Crippen LogP contribution in [0, 0.1) is 5.82 Å². The first kappa shape index (κ1) is 30.7. The van der Waals surface area contributed by atoms with Crippen molar-refractivity contribution in [2.24, 2.45) is 0 Å². The lowest BCUT2D eigenvalue weighted by Crippen LogP contribution is -2.23. The average Bonchev–Trinajstić information content (AvgIpc) is 2.95. The highest BCUT2D eigenvalue weighted by Crippen LogP contribution is 2.49. The van der Waals surface area contributed by atoms with E-state index in [0.717, 1.165) is 36.4 Å². The Bertz CT molecular complexity index is 1610. The highest BCUT2D eigenvalue weighted by molar-refractivity contribution is 5.75. The average molecular weight is 606 g/mol. The Morgan fingerprint density at radius 2 is 1.47 bits per heavy atom. The lowest BCUT2D eigenvalue weighted by molar-refractivity contribution is -0.138. The van der Waals surface area contributed by atoms with Crippen molar-refractivity contribution < 1.29 is 40.2 Å². The molecule has 3 aromatic carbocycles. The van der Waals surface area contributed by atoms with E-state index in [1.165, 1.54) is 30.3 Å². The van der Waals surface area contributed by atoms with E-state index in [9.17, 15) is 35.8 Å². The van der Waals surface area contributed by atoms with Gasteiger partial charge in [-0.2, -0.15) is 26.3 Å². The van der Waals surface area contributed by atoms with Gasteiger partial charge in [0.1, 0.15) is 5.82 Å². The fraction of sp³-hybridized carbons (Fsp3) is 0.303. The smallest absolute Gasteiger partial charge is 0.388 e. The number of pyridine rings is 1. The second-order valence-electron chi connectivity index (χ2n) is 11.1. The number of nitrogens with zero attached hydrogens (tertiary/aromatic N) is 1. The van der Waals surface area contributed by atoms with Crippen LogP contribution in [0.5, 0.6) is 0 Å². The van der Waals surface area contributed by atoms with Crippen molar-refractivity contribution in [1.29, 1.82) is 0 Å². The first-order valence-corrected chi connectivity index (χ1v) is 13.6. The van der Waals surface area contributed by atoms with E-state index in [1.54, 1.807) is 19.9 Å². The summed E-state index contributed by atoms with van der Waals surface area (Å²) in [6.45, 7) is 3.52. The van der Waals surface area contributed by atoms with Crippen molar-refractivity contribution >= 4 is 0 Å². The van der Waals surface area contributed by atoms with E-state index in [0.29, 0.717) is 16.8 Å². The third-order valence-corrected chi connectivity index (χ3v) is 7.81. The van der Waals surface area contributed by atoms with Gasteiger partial charge in [0.25, 0.3) is 0 Å². The predicted octanol–water partition coefficient (Wildman–Crippen LogP) is 9.87.